The lowest BCUT2D eigenvalue weighted by atomic mass is 10.1. The van der Waals surface area contributed by atoms with E-state index >= 15 is 0 Å². The number of para-hydroxylation sites is 1. The van der Waals surface area contributed by atoms with Crippen molar-refractivity contribution in [1.29, 1.82) is 5.26 Å². The van der Waals surface area contributed by atoms with Crippen LogP contribution in [0.25, 0.3) is 11.0 Å². The third-order valence-corrected chi connectivity index (χ3v) is 4.68. The van der Waals surface area contributed by atoms with Crippen LogP contribution in [0.4, 0.5) is 0 Å². The van der Waals surface area contributed by atoms with Crippen LogP contribution >= 0.6 is 0 Å². The van der Waals surface area contributed by atoms with Crippen LogP contribution < -0.4 is 0 Å². The Morgan fingerprint density at radius 3 is 2.93 bits per heavy atom. The first-order valence-electron chi connectivity index (χ1n) is 8.93. The van der Waals surface area contributed by atoms with Gasteiger partial charge in [0.2, 0.25) is 0 Å². The summed E-state index contributed by atoms with van der Waals surface area (Å²) in [5, 5.41) is 19.7. The first-order chi connectivity index (χ1) is 14.2. The smallest absolute Gasteiger partial charge is 0.265 e. The highest BCUT2D eigenvalue weighted by Gasteiger charge is 2.36. The lowest BCUT2D eigenvalue weighted by Gasteiger charge is -2.19. The topological polar surface area (TPSA) is 113 Å². The summed E-state index contributed by atoms with van der Waals surface area (Å²) >= 11 is 0. The van der Waals surface area contributed by atoms with Gasteiger partial charge in [0.1, 0.15) is 42.0 Å². The number of nitriles is 1. The summed E-state index contributed by atoms with van der Waals surface area (Å²) < 4.78 is 12.8. The summed E-state index contributed by atoms with van der Waals surface area (Å²) in [4.78, 5) is 16.8. The number of fused-ring (bicyclic) bond motifs is 1. The second-order valence-corrected chi connectivity index (χ2v) is 6.55. The molecule has 1 atom stereocenters. The number of aromatic nitrogens is 3. The van der Waals surface area contributed by atoms with E-state index in [0.717, 1.165) is 11.0 Å². The molecule has 0 spiro atoms. The molecule has 1 aliphatic heterocycles. The van der Waals surface area contributed by atoms with Crippen LogP contribution in [0.5, 0.6) is 0 Å². The van der Waals surface area contributed by atoms with Crippen LogP contribution in [0.2, 0.25) is 0 Å². The van der Waals surface area contributed by atoms with Crippen LogP contribution in [-0.2, 0) is 11.3 Å². The van der Waals surface area contributed by atoms with Crippen molar-refractivity contribution < 1.29 is 13.6 Å². The van der Waals surface area contributed by atoms with Gasteiger partial charge in [0.25, 0.3) is 11.7 Å². The lowest BCUT2D eigenvalue weighted by Crippen LogP contribution is -2.30. The van der Waals surface area contributed by atoms with E-state index < -0.39 is 0 Å². The number of carbonyl (C=O) groups is 1. The molecule has 0 saturated heterocycles. The van der Waals surface area contributed by atoms with Gasteiger partial charge in [-0.15, -0.1) is 5.10 Å². The number of rotatable bonds is 4. The first-order valence-corrected chi connectivity index (χ1v) is 8.93. The van der Waals surface area contributed by atoms with Gasteiger partial charge >= 0.3 is 0 Å². The van der Waals surface area contributed by atoms with Crippen molar-refractivity contribution in [2.75, 3.05) is 0 Å². The molecule has 29 heavy (non-hydrogen) atoms. The molecule has 5 rings (SSSR count). The number of furan rings is 2. The molecule has 9 nitrogen and oxygen atoms in total. The van der Waals surface area contributed by atoms with Crippen LogP contribution in [0.3, 0.4) is 0 Å². The number of hydrogen-bond acceptors (Lipinski definition) is 7. The first kappa shape index (κ1) is 16.9. The van der Waals surface area contributed by atoms with Crippen LogP contribution in [0.15, 0.2) is 69.0 Å². The SMILES string of the molecule is N#Cc1ncn(CC(=O)N2N=C(c3cc4ccccc4o3)CC2c2ccco2)n1. The largest absolute Gasteiger partial charge is 0.467 e. The van der Waals surface area contributed by atoms with E-state index in [9.17, 15) is 4.79 Å². The minimum atomic E-state index is -0.389. The minimum Gasteiger partial charge on any atom is -0.467 e. The zero-order valence-corrected chi connectivity index (χ0v) is 15.1. The van der Waals surface area contributed by atoms with Gasteiger partial charge in [0.05, 0.1) is 6.26 Å². The molecule has 4 aromatic rings. The van der Waals surface area contributed by atoms with Crippen molar-refractivity contribution in [1.82, 2.24) is 19.8 Å². The molecule has 0 radical (unpaired) electrons. The maximum absolute atomic E-state index is 12.9. The van der Waals surface area contributed by atoms with Crippen LogP contribution in [0.1, 0.15) is 29.8 Å². The second-order valence-electron chi connectivity index (χ2n) is 6.55. The Morgan fingerprint density at radius 1 is 1.28 bits per heavy atom. The fourth-order valence-corrected chi connectivity index (χ4v) is 3.35. The van der Waals surface area contributed by atoms with Gasteiger partial charge in [0, 0.05) is 11.8 Å². The molecule has 0 N–H and O–H groups in total. The van der Waals surface area contributed by atoms with Gasteiger partial charge in [-0.25, -0.2) is 14.7 Å². The Hall–Kier alpha value is -4.19. The Bertz CT molecular complexity index is 1230. The monoisotopic (exact) mass is 386 g/mol. The van der Waals surface area contributed by atoms with E-state index in [0.29, 0.717) is 23.7 Å². The van der Waals surface area contributed by atoms with Crippen LogP contribution in [0, 0.1) is 11.3 Å². The number of benzene rings is 1. The molecule has 0 saturated carbocycles. The van der Waals surface area contributed by atoms with E-state index in [1.54, 1.807) is 12.3 Å². The van der Waals surface area contributed by atoms with E-state index in [1.807, 2.05) is 42.5 Å². The Labute approximate surface area is 164 Å². The molecule has 142 valence electrons. The summed E-state index contributed by atoms with van der Waals surface area (Å²) in [6.07, 6.45) is 3.37. The number of hydrogen-bond donors (Lipinski definition) is 0. The summed E-state index contributed by atoms with van der Waals surface area (Å²) in [5.74, 6) is 0.954. The lowest BCUT2D eigenvalue weighted by molar-refractivity contribution is -0.134. The number of hydrazone groups is 1. The van der Waals surface area contributed by atoms with E-state index in [4.69, 9.17) is 14.1 Å². The minimum absolute atomic E-state index is 0.00766. The maximum atomic E-state index is 12.9. The van der Waals surface area contributed by atoms with Gasteiger partial charge in [-0.3, -0.25) is 4.79 Å². The standard InChI is InChI=1S/C20H14N6O3/c21-10-19-22-12-25(24-19)11-20(27)26-15(17-6-3-7-28-17)9-14(23-26)18-8-13-4-1-2-5-16(13)29-18/h1-8,12,15H,9,11H2. The second kappa shape index (κ2) is 6.76. The molecule has 0 bridgehead atoms. The summed E-state index contributed by atoms with van der Waals surface area (Å²) in [6, 6.07) is 14.6. The van der Waals surface area contributed by atoms with Crippen molar-refractivity contribution in [3.8, 4) is 6.07 Å². The summed E-state index contributed by atoms with van der Waals surface area (Å²) in [5.41, 5.74) is 1.42. The summed E-state index contributed by atoms with van der Waals surface area (Å²) in [6.45, 7) is -0.0944. The fraction of sp³-hybridized carbons (Fsp3) is 0.150. The molecule has 1 amide bonds. The highest BCUT2D eigenvalue weighted by Crippen LogP contribution is 2.34. The highest BCUT2D eigenvalue weighted by atomic mass is 16.3. The van der Waals surface area contributed by atoms with Crippen molar-refractivity contribution in [2.24, 2.45) is 5.10 Å². The average Bonchev–Trinajstić information content (AvgIpc) is 3.52. The van der Waals surface area contributed by atoms with Crippen molar-refractivity contribution >= 4 is 22.6 Å². The maximum Gasteiger partial charge on any atom is 0.265 e. The quantitative estimate of drug-likeness (QED) is 0.533. The third kappa shape index (κ3) is 3.06. The zero-order valence-electron chi connectivity index (χ0n) is 15.1. The van der Waals surface area contributed by atoms with E-state index in [2.05, 4.69) is 15.2 Å². The molecule has 1 aliphatic rings. The van der Waals surface area contributed by atoms with Gasteiger partial charge in [-0.05, 0) is 24.3 Å². The number of nitrogens with zero attached hydrogens (tertiary/aromatic N) is 6. The number of amides is 1. The highest BCUT2D eigenvalue weighted by molar-refractivity contribution is 6.03. The number of carbonyl (C=O) groups excluding carboxylic acids is 1. The molecule has 1 unspecified atom stereocenters. The zero-order chi connectivity index (χ0) is 19.8. The Balaban J connectivity index is 1.47. The Kier molecular flexibility index (Phi) is 3.95. The van der Waals surface area contributed by atoms with Gasteiger partial charge < -0.3 is 8.83 Å². The molecule has 9 heteroatoms. The van der Waals surface area contributed by atoms with Crippen molar-refractivity contribution in [2.45, 2.75) is 19.0 Å². The third-order valence-electron chi connectivity index (χ3n) is 4.68. The fourth-order valence-electron chi connectivity index (χ4n) is 3.35. The molecule has 1 aromatic carbocycles. The van der Waals surface area contributed by atoms with Crippen molar-refractivity contribution in [3.63, 3.8) is 0 Å². The van der Waals surface area contributed by atoms with E-state index in [1.165, 1.54) is 16.0 Å². The summed E-state index contributed by atoms with van der Waals surface area (Å²) in [7, 11) is 0. The molecule has 4 heterocycles. The Morgan fingerprint density at radius 2 is 2.17 bits per heavy atom. The molecular weight excluding hydrogens is 372 g/mol. The molecular formula is C20H14N6O3. The van der Waals surface area contributed by atoms with Gasteiger partial charge in [-0.1, -0.05) is 18.2 Å². The molecule has 0 aliphatic carbocycles. The van der Waals surface area contributed by atoms with Gasteiger partial charge in [0.15, 0.2) is 5.76 Å². The van der Waals surface area contributed by atoms with Crippen molar-refractivity contribution in [3.05, 3.63) is 72.4 Å². The van der Waals surface area contributed by atoms with Gasteiger partial charge in [-0.2, -0.15) is 10.4 Å². The average molecular weight is 386 g/mol. The molecule has 0 fully saturated rings. The predicted molar refractivity (Wildman–Crippen MR) is 100 cm³/mol. The van der Waals surface area contributed by atoms with Crippen LogP contribution in [-0.4, -0.2) is 31.4 Å². The normalized spacial score (nSPS) is 16.2. The predicted octanol–water partition coefficient (Wildman–Crippen LogP) is 2.87. The molecule has 3 aromatic heterocycles. The van der Waals surface area contributed by atoms with E-state index in [-0.39, 0.29) is 24.3 Å².